The molecule has 10 heavy (non-hydrogen) atoms. The smallest absolute Gasteiger partial charge is 0.309 e. The van der Waals surface area contributed by atoms with Crippen LogP contribution in [0.15, 0.2) is 4.52 Å². The minimum atomic E-state index is -0.932. The van der Waals surface area contributed by atoms with Crippen LogP contribution in [0, 0.1) is 6.92 Å². The molecular formula is C5H6N2O3. The summed E-state index contributed by atoms with van der Waals surface area (Å²) in [7, 11) is 0. The maximum atomic E-state index is 10.1. The van der Waals surface area contributed by atoms with Gasteiger partial charge in [0, 0.05) is 5.27 Å². The molecule has 0 aliphatic rings. The highest BCUT2D eigenvalue weighted by molar-refractivity contribution is 5.69. The number of hydrogen-bond donors (Lipinski definition) is 1. The number of aromatic nitrogens is 2. The number of carbonyl (C=O) groups is 1. The molecule has 0 aliphatic carbocycles. The largest absolute Gasteiger partial charge is 0.481 e. The van der Waals surface area contributed by atoms with Gasteiger partial charge < -0.3 is 9.63 Å². The van der Waals surface area contributed by atoms with Crippen molar-refractivity contribution in [2.75, 3.05) is 0 Å². The Bertz CT molecular complexity index is 243. The summed E-state index contributed by atoms with van der Waals surface area (Å²) in [5, 5.41) is 14.9. The van der Waals surface area contributed by atoms with Crippen LogP contribution in [0.1, 0.15) is 11.5 Å². The molecule has 1 N–H and O–H groups in total. The lowest BCUT2D eigenvalue weighted by molar-refractivity contribution is -0.136. The van der Waals surface area contributed by atoms with E-state index in [1.807, 2.05) is 0 Å². The summed E-state index contributed by atoms with van der Waals surface area (Å²) in [6.45, 7) is 1.62. The molecule has 1 rings (SSSR count). The highest BCUT2D eigenvalue weighted by Gasteiger charge is 2.08. The molecule has 0 aromatic carbocycles. The van der Waals surface area contributed by atoms with Crippen molar-refractivity contribution in [1.29, 1.82) is 0 Å². The molecule has 0 fully saturated rings. The fourth-order valence-electron chi connectivity index (χ4n) is 0.557. The standard InChI is InChI=1S/C5H6N2O3/c1-3-4(2-5(8)9)6-7-10-3/h2H2,1H3,(H,8,9). The first-order valence-electron chi connectivity index (χ1n) is 2.70. The first kappa shape index (κ1) is 6.73. The molecule has 0 spiro atoms. The Morgan fingerprint density at radius 2 is 2.50 bits per heavy atom. The summed E-state index contributed by atoms with van der Waals surface area (Å²) in [6, 6.07) is 0. The zero-order valence-corrected chi connectivity index (χ0v) is 5.37. The maximum Gasteiger partial charge on any atom is 0.309 e. The molecule has 0 unspecified atom stereocenters. The highest BCUT2D eigenvalue weighted by atomic mass is 16.5. The number of nitrogens with zero attached hydrogens (tertiary/aromatic N) is 2. The fourth-order valence-corrected chi connectivity index (χ4v) is 0.557. The van der Waals surface area contributed by atoms with Crippen LogP contribution < -0.4 is 0 Å². The first-order chi connectivity index (χ1) is 4.70. The van der Waals surface area contributed by atoms with Crippen LogP contribution >= 0.6 is 0 Å². The van der Waals surface area contributed by atoms with Gasteiger partial charge in [0.1, 0.15) is 5.69 Å². The minimum Gasteiger partial charge on any atom is -0.481 e. The number of carboxylic acids is 1. The van der Waals surface area contributed by atoms with Gasteiger partial charge in [0.05, 0.1) is 6.42 Å². The van der Waals surface area contributed by atoms with Crippen molar-refractivity contribution in [2.24, 2.45) is 0 Å². The van der Waals surface area contributed by atoms with Crippen LogP contribution in [0.2, 0.25) is 0 Å². The molecule has 0 saturated heterocycles. The molecule has 54 valence electrons. The van der Waals surface area contributed by atoms with Crippen molar-refractivity contribution in [3.05, 3.63) is 11.5 Å². The van der Waals surface area contributed by atoms with Crippen molar-refractivity contribution in [3.63, 3.8) is 0 Å². The van der Waals surface area contributed by atoms with E-state index >= 15 is 0 Å². The topological polar surface area (TPSA) is 76.2 Å². The Morgan fingerprint density at radius 1 is 1.80 bits per heavy atom. The number of aliphatic carboxylic acids is 1. The zero-order chi connectivity index (χ0) is 7.56. The lowest BCUT2D eigenvalue weighted by Gasteiger charge is -1.85. The normalized spacial score (nSPS) is 9.70. The summed E-state index contributed by atoms with van der Waals surface area (Å²) in [5.74, 6) is -0.471. The Hall–Kier alpha value is -1.39. The number of rotatable bonds is 2. The number of carboxylic acid groups (broad SMARTS) is 1. The van der Waals surface area contributed by atoms with Crippen molar-refractivity contribution >= 4 is 5.97 Å². The maximum absolute atomic E-state index is 10.1. The zero-order valence-electron chi connectivity index (χ0n) is 5.37. The van der Waals surface area contributed by atoms with E-state index in [0.29, 0.717) is 11.5 Å². The molecule has 0 aliphatic heterocycles. The van der Waals surface area contributed by atoms with Crippen LogP contribution in [0.4, 0.5) is 0 Å². The van der Waals surface area contributed by atoms with E-state index in [0.717, 1.165) is 0 Å². The summed E-state index contributed by atoms with van der Waals surface area (Å²) >= 11 is 0. The van der Waals surface area contributed by atoms with Gasteiger partial charge in [-0.25, -0.2) is 0 Å². The summed E-state index contributed by atoms with van der Waals surface area (Å²) in [4.78, 5) is 10.1. The Morgan fingerprint density at radius 3 is 2.90 bits per heavy atom. The average molecular weight is 142 g/mol. The Balaban J connectivity index is 2.74. The van der Waals surface area contributed by atoms with E-state index < -0.39 is 5.97 Å². The van der Waals surface area contributed by atoms with Gasteiger partial charge in [-0.05, 0) is 6.92 Å². The molecule has 0 atom stereocenters. The number of aryl methyl sites for hydroxylation is 1. The molecule has 1 aromatic heterocycles. The fraction of sp³-hybridized carbons (Fsp3) is 0.400. The molecule has 0 bridgehead atoms. The van der Waals surface area contributed by atoms with E-state index in [1.165, 1.54) is 0 Å². The molecule has 0 amide bonds. The molecular weight excluding hydrogens is 136 g/mol. The molecule has 1 heterocycles. The van der Waals surface area contributed by atoms with Gasteiger partial charge in [-0.3, -0.25) is 4.79 Å². The Kier molecular flexibility index (Phi) is 1.66. The van der Waals surface area contributed by atoms with E-state index in [4.69, 9.17) is 5.11 Å². The van der Waals surface area contributed by atoms with Crippen LogP contribution in [0.5, 0.6) is 0 Å². The monoisotopic (exact) mass is 142 g/mol. The number of hydrogen-bond acceptors (Lipinski definition) is 4. The lowest BCUT2D eigenvalue weighted by Crippen LogP contribution is -2.01. The van der Waals surface area contributed by atoms with Gasteiger partial charge in [0.2, 0.25) is 0 Å². The van der Waals surface area contributed by atoms with Crippen molar-refractivity contribution in [3.8, 4) is 0 Å². The molecule has 5 nitrogen and oxygen atoms in total. The highest BCUT2D eigenvalue weighted by Crippen LogP contribution is 2.01. The van der Waals surface area contributed by atoms with Gasteiger partial charge in [0.25, 0.3) is 0 Å². The summed E-state index contributed by atoms with van der Waals surface area (Å²) < 4.78 is 4.54. The van der Waals surface area contributed by atoms with Gasteiger partial charge >= 0.3 is 5.97 Å². The molecule has 0 saturated carbocycles. The SMILES string of the molecule is Cc1onnc1CC(=O)O. The van der Waals surface area contributed by atoms with Gasteiger partial charge in [-0.15, -0.1) is 5.10 Å². The van der Waals surface area contributed by atoms with Gasteiger partial charge in [-0.2, -0.15) is 0 Å². The minimum absolute atomic E-state index is 0.130. The second-order valence-electron chi connectivity index (χ2n) is 1.85. The second kappa shape index (κ2) is 2.47. The van der Waals surface area contributed by atoms with E-state index in [1.54, 1.807) is 6.92 Å². The van der Waals surface area contributed by atoms with Crippen molar-refractivity contribution in [2.45, 2.75) is 13.3 Å². The Labute approximate surface area is 56.6 Å². The van der Waals surface area contributed by atoms with E-state index in [2.05, 4.69) is 14.9 Å². The van der Waals surface area contributed by atoms with E-state index in [-0.39, 0.29) is 6.42 Å². The quantitative estimate of drug-likeness (QED) is 0.629. The van der Waals surface area contributed by atoms with E-state index in [9.17, 15) is 4.79 Å². The predicted molar refractivity (Wildman–Crippen MR) is 30.4 cm³/mol. The summed E-state index contributed by atoms with van der Waals surface area (Å²) in [6.07, 6.45) is -0.130. The third kappa shape index (κ3) is 1.31. The van der Waals surface area contributed by atoms with Crippen LogP contribution in [-0.2, 0) is 11.2 Å². The van der Waals surface area contributed by atoms with Crippen molar-refractivity contribution < 1.29 is 14.4 Å². The molecule has 1 aromatic rings. The third-order valence-corrected chi connectivity index (χ3v) is 1.06. The summed E-state index contributed by atoms with van der Waals surface area (Å²) in [5.41, 5.74) is 0.382. The first-order valence-corrected chi connectivity index (χ1v) is 2.70. The second-order valence-corrected chi connectivity index (χ2v) is 1.85. The molecule has 0 radical (unpaired) electrons. The van der Waals surface area contributed by atoms with Crippen LogP contribution in [0.3, 0.4) is 0 Å². The predicted octanol–water partition coefficient (Wildman–Crippen LogP) is 0.00512. The van der Waals surface area contributed by atoms with Gasteiger partial charge in [-0.1, -0.05) is 0 Å². The van der Waals surface area contributed by atoms with Gasteiger partial charge in [0.15, 0.2) is 5.76 Å². The lowest BCUT2D eigenvalue weighted by atomic mass is 10.3. The van der Waals surface area contributed by atoms with Crippen LogP contribution in [0.25, 0.3) is 0 Å². The third-order valence-electron chi connectivity index (χ3n) is 1.06. The average Bonchev–Trinajstić information content (AvgIpc) is 2.15. The van der Waals surface area contributed by atoms with Crippen molar-refractivity contribution in [1.82, 2.24) is 10.4 Å². The molecule has 5 heteroatoms. The van der Waals surface area contributed by atoms with Crippen LogP contribution in [-0.4, -0.2) is 21.4 Å².